The van der Waals surface area contributed by atoms with Crippen LogP contribution in [-0.2, 0) is 0 Å². The average molecular weight is 668 g/mol. The zero-order valence-electron chi connectivity index (χ0n) is 21.9. The van der Waals surface area contributed by atoms with Crippen molar-refractivity contribution in [3.8, 4) is 45.6 Å². The van der Waals surface area contributed by atoms with Gasteiger partial charge < -0.3 is 9.97 Å². The van der Waals surface area contributed by atoms with E-state index in [0.29, 0.717) is 45.9 Å². The number of rotatable bonds is 0. The first-order valence-electron chi connectivity index (χ1n) is 13.2. The van der Waals surface area contributed by atoms with Crippen molar-refractivity contribution in [3.63, 3.8) is 0 Å². The van der Waals surface area contributed by atoms with Crippen LogP contribution in [0.5, 0.6) is 0 Å². The van der Waals surface area contributed by atoms with Gasteiger partial charge in [-0.1, -0.05) is 97.1 Å². The molecule has 8 nitrogen and oxygen atoms in total. The normalized spacial score (nSPS) is 11.6. The molecule has 0 saturated heterocycles. The summed E-state index contributed by atoms with van der Waals surface area (Å²) in [5.41, 5.74) is 6.45. The van der Waals surface area contributed by atoms with E-state index in [4.69, 9.17) is 29.9 Å². The van der Waals surface area contributed by atoms with Crippen molar-refractivity contribution >= 4 is 77.4 Å². The van der Waals surface area contributed by atoms with Gasteiger partial charge in [-0.05, 0) is 0 Å². The van der Waals surface area contributed by atoms with Crippen LogP contribution in [0.15, 0.2) is 97.1 Å². The summed E-state index contributed by atoms with van der Waals surface area (Å²) >= 11 is 4.45. The van der Waals surface area contributed by atoms with Gasteiger partial charge in [0.2, 0.25) is 0 Å². The van der Waals surface area contributed by atoms with Crippen molar-refractivity contribution in [2.45, 2.75) is 0 Å². The monoisotopic (exact) mass is 668 g/mol. The number of aromatic nitrogens is 8. The SMILES string of the molecule is [Al+2][I].c1ccc2c(c1)-c1nc-2nc2[nH]c(nc3nc(nc4[nH]c(n1)c1ccccc41)-c1ccccc1-3)c1ccccc21. The standard InChI is InChI=1S/C32H18N8.Al.HI/c1-2-10-18-17(9-1)25-33-26(18)38-28-21-13-5-6-14-22(21)30(35-28)40-32-24-16-8-7-15-23(24)31(36-32)39-29-20-12-4-3-11-19(20)27(34-29)37-25;;/h1-16H,(H2,33,34,35,36,37,38,39,40);;1H/q;+3;/p-1. The van der Waals surface area contributed by atoms with Crippen LogP contribution in [0.25, 0.3) is 89.7 Å². The van der Waals surface area contributed by atoms with Crippen molar-refractivity contribution < 1.29 is 0 Å². The Morgan fingerprint density at radius 1 is 0.357 bits per heavy atom. The minimum atomic E-state index is 0.597. The molecular weight excluding hydrogens is 650 g/mol. The first-order valence-corrected chi connectivity index (χ1v) is 17.4. The number of halogens is 1. The maximum atomic E-state index is 5.02. The molecule has 7 aromatic rings. The second kappa shape index (κ2) is 10.1. The molecule has 0 spiro atoms. The Labute approximate surface area is 258 Å². The molecule has 4 aromatic carbocycles. The van der Waals surface area contributed by atoms with Crippen LogP contribution in [0.3, 0.4) is 0 Å². The number of H-pyrrole nitrogens is 2. The van der Waals surface area contributed by atoms with Gasteiger partial charge in [0.05, 0.1) is 0 Å². The van der Waals surface area contributed by atoms with Crippen LogP contribution in [0.2, 0.25) is 0 Å². The largest absolute Gasteiger partial charge is 0.324 e. The number of nitrogens with one attached hydrogen (secondary N) is 2. The molecule has 0 radical (unpaired) electrons. The second-order valence-corrected chi connectivity index (χ2v) is 9.79. The van der Waals surface area contributed by atoms with Crippen LogP contribution in [0.4, 0.5) is 0 Å². The number of hydrogen-bond acceptors (Lipinski definition) is 6. The van der Waals surface area contributed by atoms with E-state index in [0.717, 1.165) is 43.8 Å². The van der Waals surface area contributed by atoms with Gasteiger partial charge in [-0.25, -0.2) is 29.9 Å². The van der Waals surface area contributed by atoms with Crippen LogP contribution in [0, 0.1) is 0 Å². The smallest absolute Gasteiger partial charge is 0.164 e. The molecular formula is C32H18AlIN8+2. The number of nitrogens with zero attached hydrogens (tertiary/aromatic N) is 6. The molecule has 0 fully saturated rings. The third-order valence-corrected chi connectivity index (χ3v) is 7.46. The minimum Gasteiger partial charge on any atom is -0.324 e. The van der Waals surface area contributed by atoms with Gasteiger partial charge in [-0.2, -0.15) is 0 Å². The maximum Gasteiger partial charge on any atom is 0.164 e. The minimum absolute atomic E-state index is 0.597. The summed E-state index contributed by atoms with van der Waals surface area (Å²) in [6.45, 7) is 0. The van der Waals surface area contributed by atoms with Crippen molar-refractivity contribution in [1.82, 2.24) is 39.9 Å². The van der Waals surface area contributed by atoms with Crippen molar-refractivity contribution in [3.05, 3.63) is 97.1 Å². The molecule has 0 unspecified atom stereocenters. The number of benzene rings is 4. The molecule has 0 amide bonds. The first kappa shape index (κ1) is 25.2. The van der Waals surface area contributed by atoms with Crippen molar-refractivity contribution in [2.24, 2.45) is 0 Å². The Morgan fingerprint density at radius 2 is 0.595 bits per heavy atom. The van der Waals surface area contributed by atoms with Crippen molar-refractivity contribution in [1.29, 1.82) is 0 Å². The Hall–Kier alpha value is -4.50. The first-order chi connectivity index (χ1) is 20.8. The number of fused-ring (bicyclic) bond motifs is 20. The number of hydrogen-bond donors (Lipinski definition) is 2. The van der Waals surface area contributed by atoms with E-state index < -0.39 is 0 Å². The average Bonchev–Trinajstić information content (AvgIpc) is 3.78. The summed E-state index contributed by atoms with van der Waals surface area (Å²) in [4.78, 5) is 36.8. The molecule has 0 atom stereocenters. The van der Waals surface area contributed by atoms with E-state index in [2.05, 4.69) is 43.2 Å². The van der Waals surface area contributed by atoms with Gasteiger partial charge in [0.25, 0.3) is 0 Å². The molecule has 8 bridgehead atoms. The summed E-state index contributed by atoms with van der Waals surface area (Å²) < 4.78 is 0. The summed E-state index contributed by atoms with van der Waals surface area (Å²) in [5.74, 6) is 2.39. The van der Waals surface area contributed by atoms with Gasteiger partial charge in [-0.3, -0.25) is 0 Å². The zero-order chi connectivity index (χ0) is 28.2. The summed E-state index contributed by atoms with van der Waals surface area (Å²) in [6.07, 6.45) is 0. The molecule has 5 heterocycles. The topological polar surface area (TPSA) is 109 Å². The Balaban J connectivity index is 0.00000131. The molecule has 0 aliphatic carbocycles. The van der Waals surface area contributed by atoms with E-state index >= 15 is 0 Å². The molecule has 42 heavy (non-hydrogen) atoms. The van der Waals surface area contributed by atoms with Gasteiger partial charge >= 0.3 is 33.3 Å². The fourth-order valence-electron chi connectivity index (χ4n) is 5.59. The maximum absolute atomic E-state index is 5.02. The predicted molar refractivity (Wildman–Crippen MR) is 176 cm³/mol. The van der Waals surface area contributed by atoms with Gasteiger partial charge in [0, 0.05) is 43.8 Å². The van der Waals surface area contributed by atoms with E-state index in [-0.39, 0.29) is 0 Å². The summed E-state index contributed by atoms with van der Waals surface area (Å²) in [6, 6.07) is 32.2. The fraction of sp³-hybridized carbons (Fsp3) is 0. The Morgan fingerprint density at radius 3 is 0.857 bits per heavy atom. The molecule has 0 saturated carbocycles. The third-order valence-electron chi connectivity index (χ3n) is 7.46. The van der Waals surface area contributed by atoms with E-state index in [9.17, 15) is 0 Å². The summed E-state index contributed by atoms with van der Waals surface area (Å²) in [5, 5.41) is 3.82. The Bertz CT molecular complexity index is 2040. The molecule has 3 aromatic heterocycles. The van der Waals surface area contributed by atoms with Crippen LogP contribution >= 0.6 is 20.3 Å². The van der Waals surface area contributed by atoms with Gasteiger partial charge in [0.15, 0.2) is 23.3 Å². The summed E-state index contributed by atoms with van der Waals surface area (Å²) in [7, 11) is 0. The van der Waals surface area contributed by atoms with Crippen molar-refractivity contribution in [2.75, 3.05) is 0 Å². The van der Waals surface area contributed by atoms with E-state index in [1.807, 2.05) is 97.1 Å². The molecule has 2 N–H and O–H groups in total. The molecule has 194 valence electrons. The Kier molecular flexibility index (Phi) is 6.07. The molecule has 2 aliphatic rings. The molecule has 2 aliphatic heterocycles. The fourth-order valence-corrected chi connectivity index (χ4v) is 5.59. The molecule has 10 heteroatoms. The predicted octanol–water partition coefficient (Wildman–Crippen LogP) is 7.37. The third kappa shape index (κ3) is 3.95. The molecule has 9 rings (SSSR count). The van der Waals surface area contributed by atoms with Crippen LogP contribution in [-0.4, -0.2) is 52.9 Å². The number of aromatic amines is 2. The van der Waals surface area contributed by atoms with Gasteiger partial charge in [0.1, 0.15) is 22.6 Å². The second-order valence-electron chi connectivity index (χ2n) is 9.79. The van der Waals surface area contributed by atoms with E-state index in [1.54, 1.807) is 0 Å². The van der Waals surface area contributed by atoms with Crippen LogP contribution < -0.4 is 0 Å². The van der Waals surface area contributed by atoms with Crippen LogP contribution in [0.1, 0.15) is 0 Å². The quantitative estimate of drug-likeness (QED) is 0.129. The zero-order valence-corrected chi connectivity index (χ0v) is 25.2. The van der Waals surface area contributed by atoms with E-state index in [1.165, 1.54) is 0 Å². The van der Waals surface area contributed by atoms with Gasteiger partial charge in [-0.15, -0.1) is 0 Å².